The van der Waals surface area contributed by atoms with E-state index in [1.807, 2.05) is 12.2 Å². The van der Waals surface area contributed by atoms with Crippen LogP contribution >= 0.6 is 11.6 Å². The fourth-order valence-corrected chi connectivity index (χ4v) is 1.52. The maximum absolute atomic E-state index is 11.8. The zero-order chi connectivity index (χ0) is 13.8. The second kappa shape index (κ2) is 6.06. The highest BCUT2D eigenvalue weighted by Crippen LogP contribution is 2.22. The summed E-state index contributed by atoms with van der Waals surface area (Å²) in [6.45, 7) is 0.203. The summed E-state index contributed by atoms with van der Waals surface area (Å²) in [6, 6.07) is 4.99. The Morgan fingerprint density at radius 3 is 2.61 bits per heavy atom. The van der Waals surface area contributed by atoms with Crippen molar-refractivity contribution in [2.75, 3.05) is 18.4 Å². The third kappa shape index (κ3) is 5.37. The molecule has 1 aromatic rings. The van der Waals surface area contributed by atoms with Gasteiger partial charge in [-0.15, -0.1) is 0 Å². The number of halogens is 4. The molecule has 0 radical (unpaired) electrons. The highest BCUT2D eigenvalue weighted by atomic mass is 35.5. The van der Waals surface area contributed by atoms with Gasteiger partial charge in [-0.1, -0.05) is 17.7 Å². The van der Waals surface area contributed by atoms with Crippen LogP contribution in [-0.4, -0.2) is 25.2 Å². The van der Waals surface area contributed by atoms with Crippen LogP contribution in [0.3, 0.4) is 0 Å². The molecule has 1 aromatic carbocycles. The van der Waals surface area contributed by atoms with Gasteiger partial charge in [0.15, 0.2) is 0 Å². The molecule has 0 fully saturated rings. The number of alkyl halides is 3. The molecule has 0 aromatic heterocycles. The smallest absolute Gasteiger partial charge is 0.324 e. The van der Waals surface area contributed by atoms with E-state index in [0.29, 0.717) is 10.7 Å². The molecule has 3 nitrogen and oxygen atoms in total. The lowest BCUT2D eigenvalue weighted by molar-refractivity contribution is -0.126. The summed E-state index contributed by atoms with van der Waals surface area (Å²) < 4.78 is 35.5. The summed E-state index contributed by atoms with van der Waals surface area (Å²) in [5, 5.41) is 4.77. The Hall–Kier alpha value is -1.27. The van der Waals surface area contributed by atoms with E-state index in [-0.39, 0.29) is 0 Å². The van der Waals surface area contributed by atoms with Gasteiger partial charge in [0.25, 0.3) is 0 Å². The van der Waals surface area contributed by atoms with Crippen molar-refractivity contribution in [3.8, 4) is 0 Å². The summed E-state index contributed by atoms with van der Waals surface area (Å²) >= 11 is 5.87. The number of carbonyl (C=O) groups excluding carboxylic acids is 1. The molecule has 0 atom stereocenters. The fourth-order valence-electron chi connectivity index (χ4n) is 1.23. The van der Waals surface area contributed by atoms with Crippen LogP contribution in [0.4, 0.5) is 18.9 Å². The Kier molecular flexibility index (Phi) is 4.98. The monoisotopic (exact) mass is 280 g/mol. The van der Waals surface area contributed by atoms with Gasteiger partial charge in [0, 0.05) is 0 Å². The van der Waals surface area contributed by atoms with Gasteiger partial charge in [-0.2, -0.15) is 13.2 Å². The molecule has 0 saturated heterocycles. The van der Waals surface area contributed by atoms with E-state index in [9.17, 15) is 18.0 Å². The summed E-state index contributed by atoms with van der Waals surface area (Å²) in [4.78, 5) is 11.3. The first-order valence-electron chi connectivity index (χ1n) is 5.11. The molecule has 2 N–H and O–H groups in total. The second-order valence-corrected chi connectivity index (χ2v) is 4.16. The van der Waals surface area contributed by atoms with Crippen LogP contribution in [0.25, 0.3) is 0 Å². The molecule has 0 aliphatic rings. The number of carbonyl (C=O) groups is 1. The van der Waals surface area contributed by atoms with E-state index in [2.05, 4.69) is 5.32 Å². The molecule has 0 aliphatic carbocycles. The number of benzene rings is 1. The number of amides is 1. The molecule has 18 heavy (non-hydrogen) atoms. The first kappa shape index (κ1) is 14.8. The quantitative estimate of drug-likeness (QED) is 0.890. The van der Waals surface area contributed by atoms with Crippen LogP contribution < -0.4 is 10.6 Å². The van der Waals surface area contributed by atoms with Crippen LogP contribution in [0, 0.1) is 6.92 Å². The third-order valence-electron chi connectivity index (χ3n) is 2.01. The summed E-state index contributed by atoms with van der Waals surface area (Å²) in [6.07, 6.45) is -4.33. The van der Waals surface area contributed by atoms with E-state index in [4.69, 9.17) is 11.6 Å². The molecule has 0 unspecified atom stereocenters. The number of rotatable bonds is 4. The van der Waals surface area contributed by atoms with Gasteiger partial charge in [-0.3, -0.25) is 4.79 Å². The lowest BCUT2D eigenvalue weighted by Gasteiger charge is -2.10. The van der Waals surface area contributed by atoms with Gasteiger partial charge < -0.3 is 10.6 Å². The average Bonchev–Trinajstić information content (AvgIpc) is 2.20. The van der Waals surface area contributed by atoms with E-state index < -0.39 is 25.2 Å². The normalized spacial score (nSPS) is 11.4. The maximum atomic E-state index is 11.8. The highest BCUT2D eigenvalue weighted by Gasteiger charge is 2.26. The van der Waals surface area contributed by atoms with Gasteiger partial charge in [0.2, 0.25) is 5.91 Å². The predicted molar refractivity (Wildman–Crippen MR) is 63.7 cm³/mol. The zero-order valence-corrected chi connectivity index (χ0v) is 10.3. The maximum Gasteiger partial charge on any atom is 0.401 e. The number of hydrogen-bond donors (Lipinski definition) is 2. The molecule has 0 spiro atoms. The van der Waals surface area contributed by atoms with Gasteiger partial charge >= 0.3 is 6.18 Å². The van der Waals surface area contributed by atoms with E-state index in [1.54, 1.807) is 18.2 Å². The number of nitrogens with one attached hydrogen (secondary N) is 2. The van der Waals surface area contributed by atoms with Gasteiger partial charge in [-0.25, -0.2) is 0 Å². The Labute approximate surface area is 107 Å². The molecule has 0 bridgehead atoms. The largest absolute Gasteiger partial charge is 0.401 e. The average molecular weight is 281 g/mol. The van der Waals surface area contributed by atoms with E-state index >= 15 is 0 Å². The third-order valence-corrected chi connectivity index (χ3v) is 2.32. The molecular formula is C11H12ClF3N2O. The standard InChI is InChI=1S/C11H12ClF3N2O/c1-7-2-3-9(8(12)4-7)17-10(18)5-16-6-11(13,14)15/h2-4,16H,5-6H2,1H3,(H,17,18). The number of aryl methyl sites for hydroxylation is 1. The lowest BCUT2D eigenvalue weighted by atomic mass is 10.2. The lowest BCUT2D eigenvalue weighted by Crippen LogP contribution is -2.35. The van der Waals surface area contributed by atoms with Crippen molar-refractivity contribution in [1.82, 2.24) is 5.32 Å². The van der Waals surface area contributed by atoms with Crippen molar-refractivity contribution < 1.29 is 18.0 Å². The first-order chi connectivity index (χ1) is 8.28. The molecular weight excluding hydrogens is 269 g/mol. The first-order valence-corrected chi connectivity index (χ1v) is 5.49. The summed E-state index contributed by atoms with van der Waals surface area (Å²) in [7, 11) is 0. The highest BCUT2D eigenvalue weighted by molar-refractivity contribution is 6.33. The topological polar surface area (TPSA) is 41.1 Å². The SMILES string of the molecule is Cc1ccc(NC(=O)CNCC(F)(F)F)c(Cl)c1. The summed E-state index contributed by atoms with van der Waals surface area (Å²) in [5.74, 6) is -0.579. The van der Waals surface area contributed by atoms with Crippen molar-refractivity contribution in [3.05, 3.63) is 28.8 Å². The Balaban J connectivity index is 2.45. The summed E-state index contributed by atoms with van der Waals surface area (Å²) in [5.41, 5.74) is 1.30. The predicted octanol–water partition coefficient (Wildman–Crippen LogP) is 2.74. The minimum atomic E-state index is -4.33. The van der Waals surface area contributed by atoms with Crippen LogP contribution in [0.5, 0.6) is 0 Å². The van der Waals surface area contributed by atoms with Gasteiger partial charge in [0.1, 0.15) is 0 Å². The van der Waals surface area contributed by atoms with Crippen LogP contribution in [0.1, 0.15) is 5.56 Å². The van der Waals surface area contributed by atoms with Crippen molar-refractivity contribution in [1.29, 1.82) is 0 Å². The number of hydrogen-bond acceptors (Lipinski definition) is 2. The Morgan fingerprint density at radius 2 is 2.06 bits per heavy atom. The fraction of sp³-hybridized carbons (Fsp3) is 0.364. The van der Waals surface area contributed by atoms with E-state index in [1.165, 1.54) is 0 Å². The molecule has 100 valence electrons. The molecule has 1 rings (SSSR count). The molecule has 0 aliphatic heterocycles. The van der Waals surface area contributed by atoms with Crippen LogP contribution in [0.15, 0.2) is 18.2 Å². The molecule has 1 amide bonds. The Bertz CT molecular complexity index is 435. The van der Waals surface area contributed by atoms with Crippen molar-refractivity contribution in [2.45, 2.75) is 13.1 Å². The van der Waals surface area contributed by atoms with Crippen LogP contribution in [0.2, 0.25) is 5.02 Å². The minimum Gasteiger partial charge on any atom is -0.324 e. The van der Waals surface area contributed by atoms with Gasteiger partial charge in [0.05, 0.1) is 23.8 Å². The van der Waals surface area contributed by atoms with Gasteiger partial charge in [-0.05, 0) is 24.6 Å². The molecule has 7 heteroatoms. The second-order valence-electron chi connectivity index (χ2n) is 3.75. The van der Waals surface area contributed by atoms with E-state index in [0.717, 1.165) is 5.56 Å². The van der Waals surface area contributed by atoms with Crippen molar-refractivity contribution in [2.24, 2.45) is 0 Å². The number of anilines is 1. The van der Waals surface area contributed by atoms with Crippen molar-refractivity contribution in [3.63, 3.8) is 0 Å². The van der Waals surface area contributed by atoms with Crippen LogP contribution in [-0.2, 0) is 4.79 Å². The minimum absolute atomic E-state index is 0.346. The zero-order valence-electron chi connectivity index (χ0n) is 9.57. The molecule has 0 saturated carbocycles. The molecule has 0 heterocycles. The van der Waals surface area contributed by atoms with Crippen molar-refractivity contribution >= 4 is 23.2 Å². The Morgan fingerprint density at radius 1 is 1.39 bits per heavy atom.